The first-order chi connectivity index (χ1) is 8.18. The van der Waals surface area contributed by atoms with Crippen molar-refractivity contribution in [3.63, 3.8) is 0 Å². The van der Waals surface area contributed by atoms with Gasteiger partial charge in [-0.3, -0.25) is 4.90 Å². The molecule has 3 heteroatoms. The summed E-state index contributed by atoms with van der Waals surface area (Å²) in [7, 11) is 0. The van der Waals surface area contributed by atoms with Crippen LogP contribution < -0.4 is 5.32 Å². The van der Waals surface area contributed by atoms with Crippen LogP contribution in [-0.4, -0.2) is 48.3 Å². The van der Waals surface area contributed by atoms with Crippen molar-refractivity contribution in [3.05, 3.63) is 0 Å². The quantitative estimate of drug-likeness (QED) is 0.766. The number of aliphatic hydroxyl groups excluding tert-OH is 1. The smallest absolute Gasteiger partial charge is 0.0496 e. The van der Waals surface area contributed by atoms with E-state index in [-0.39, 0.29) is 12.0 Å². The number of hydrogen-bond acceptors (Lipinski definition) is 3. The molecular formula is C14H28N2O. The van der Waals surface area contributed by atoms with Gasteiger partial charge in [-0.2, -0.15) is 0 Å². The number of fused-ring (bicyclic) bond motifs is 1. The molecule has 3 unspecified atom stereocenters. The Morgan fingerprint density at radius 3 is 2.82 bits per heavy atom. The van der Waals surface area contributed by atoms with Gasteiger partial charge in [0.05, 0.1) is 0 Å². The predicted molar refractivity (Wildman–Crippen MR) is 71.1 cm³/mol. The second-order valence-electron chi connectivity index (χ2n) is 6.20. The van der Waals surface area contributed by atoms with E-state index >= 15 is 0 Å². The van der Waals surface area contributed by atoms with Gasteiger partial charge in [0.15, 0.2) is 0 Å². The normalized spacial score (nSPS) is 33.4. The van der Waals surface area contributed by atoms with Gasteiger partial charge in [-0.05, 0) is 32.2 Å². The first-order valence-corrected chi connectivity index (χ1v) is 7.27. The van der Waals surface area contributed by atoms with Gasteiger partial charge >= 0.3 is 0 Å². The summed E-state index contributed by atoms with van der Waals surface area (Å²) < 4.78 is 0. The fourth-order valence-corrected chi connectivity index (χ4v) is 3.16. The van der Waals surface area contributed by atoms with Crippen molar-refractivity contribution in [2.45, 2.75) is 58.0 Å². The van der Waals surface area contributed by atoms with Crippen LogP contribution in [0.1, 0.15) is 46.0 Å². The molecule has 3 atom stereocenters. The van der Waals surface area contributed by atoms with Crippen LogP contribution >= 0.6 is 0 Å². The monoisotopic (exact) mass is 240 g/mol. The third-order valence-electron chi connectivity index (χ3n) is 4.88. The summed E-state index contributed by atoms with van der Waals surface area (Å²) in [6.07, 6.45) is 6.46. The molecule has 2 aliphatic heterocycles. The molecule has 0 amide bonds. The van der Waals surface area contributed by atoms with Gasteiger partial charge in [0.1, 0.15) is 0 Å². The molecule has 0 radical (unpaired) electrons. The molecule has 0 saturated carbocycles. The Bertz CT molecular complexity index is 240. The van der Waals surface area contributed by atoms with Crippen molar-refractivity contribution < 1.29 is 5.11 Å². The first kappa shape index (κ1) is 13.3. The minimum Gasteiger partial charge on any atom is -0.396 e. The van der Waals surface area contributed by atoms with E-state index in [9.17, 15) is 5.11 Å². The minimum absolute atomic E-state index is 0.0576. The lowest BCUT2D eigenvalue weighted by Crippen LogP contribution is -2.48. The lowest BCUT2D eigenvalue weighted by Gasteiger charge is -2.34. The lowest BCUT2D eigenvalue weighted by atomic mass is 9.88. The number of aliphatic hydroxyl groups is 1. The van der Waals surface area contributed by atoms with Crippen LogP contribution in [0.3, 0.4) is 0 Å². The van der Waals surface area contributed by atoms with E-state index in [2.05, 4.69) is 24.1 Å². The van der Waals surface area contributed by atoms with Crippen LogP contribution in [0.25, 0.3) is 0 Å². The molecule has 0 aromatic carbocycles. The van der Waals surface area contributed by atoms with Gasteiger partial charge in [-0.15, -0.1) is 0 Å². The SMILES string of the molecule is CCC(C)(CO)CNC1CCN2CCCCC12. The Morgan fingerprint density at radius 2 is 2.12 bits per heavy atom. The summed E-state index contributed by atoms with van der Waals surface area (Å²) in [5.74, 6) is 0. The largest absolute Gasteiger partial charge is 0.396 e. The highest BCUT2D eigenvalue weighted by atomic mass is 16.3. The molecule has 3 nitrogen and oxygen atoms in total. The molecule has 2 aliphatic rings. The second-order valence-corrected chi connectivity index (χ2v) is 6.20. The van der Waals surface area contributed by atoms with E-state index in [0.717, 1.165) is 19.0 Å². The molecular weight excluding hydrogens is 212 g/mol. The van der Waals surface area contributed by atoms with Crippen molar-refractivity contribution in [1.82, 2.24) is 10.2 Å². The maximum atomic E-state index is 9.44. The summed E-state index contributed by atoms with van der Waals surface area (Å²) >= 11 is 0. The highest BCUT2D eigenvalue weighted by Gasteiger charge is 2.36. The van der Waals surface area contributed by atoms with Gasteiger partial charge in [0.25, 0.3) is 0 Å². The molecule has 0 spiro atoms. The van der Waals surface area contributed by atoms with Crippen LogP contribution in [-0.2, 0) is 0 Å². The maximum Gasteiger partial charge on any atom is 0.0496 e. The molecule has 2 fully saturated rings. The molecule has 2 rings (SSSR count). The Balaban J connectivity index is 1.83. The van der Waals surface area contributed by atoms with E-state index in [1.807, 2.05) is 0 Å². The number of nitrogens with zero attached hydrogens (tertiary/aromatic N) is 1. The molecule has 100 valence electrons. The van der Waals surface area contributed by atoms with Gasteiger partial charge in [0.2, 0.25) is 0 Å². The van der Waals surface area contributed by atoms with Crippen LogP contribution in [0.4, 0.5) is 0 Å². The Kier molecular flexibility index (Phi) is 4.45. The summed E-state index contributed by atoms with van der Waals surface area (Å²) in [6.45, 7) is 8.15. The van der Waals surface area contributed by atoms with E-state index in [0.29, 0.717) is 6.04 Å². The van der Waals surface area contributed by atoms with Crippen molar-refractivity contribution in [2.75, 3.05) is 26.2 Å². The zero-order chi connectivity index (χ0) is 12.3. The highest BCUT2D eigenvalue weighted by molar-refractivity contribution is 4.94. The van der Waals surface area contributed by atoms with Crippen LogP contribution in [0.2, 0.25) is 0 Å². The van der Waals surface area contributed by atoms with E-state index < -0.39 is 0 Å². The van der Waals surface area contributed by atoms with Crippen molar-refractivity contribution in [2.24, 2.45) is 5.41 Å². The second kappa shape index (κ2) is 5.68. The van der Waals surface area contributed by atoms with Crippen LogP contribution in [0.5, 0.6) is 0 Å². The molecule has 17 heavy (non-hydrogen) atoms. The molecule has 0 aromatic rings. The molecule has 0 bridgehead atoms. The molecule has 2 saturated heterocycles. The Morgan fingerprint density at radius 1 is 1.29 bits per heavy atom. The number of rotatable bonds is 5. The summed E-state index contributed by atoms with van der Waals surface area (Å²) in [4.78, 5) is 2.66. The number of hydrogen-bond donors (Lipinski definition) is 2. The lowest BCUT2D eigenvalue weighted by molar-refractivity contribution is 0.123. The van der Waals surface area contributed by atoms with Gasteiger partial charge in [-0.25, -0.2) is 0 Å². The fraction of sp³-hybridized carbons (Fsp3) is 1.00. The fourth-order valence-electron chi connectivity index (χ4n) is 3.16. The Labute approximate surface area is 106 Å². The van der Waals surface area contributed by atoms with E-state index in [1.165, 1.54) is 38.8 Å². The Hall–Kier alpha value is -0.120. The van der Waals surface area contributed by atoms with Gasteiger partial charge in [-0.1, -0.05) is 20.3 Å². The summed E-state index contributed by atoms with van der Waals surface area (Å²) in [6, 6.07) is 1.43. The van der Waals surface area contributed by atoms with Crippen LogP contribution in [0.15, 0.2) is 0 Å². The standard InChI is InChI=1S/C14H28N2O/c1-3-14(2,11-17)10-15-12-7-9-16-8-5-4-6-13(12)16/h12-13,15,17H,3-11H2,1-2H3. The van der Waals surface area contributed by atoms with Crippen LogP contribution in [0, 0.1) is 5.41 Å². The highest BCUT2D eigenvalue weighted by Crippen LogP contribution is 2.28. The third kappa shape index (κ3) is 3.01. The maximum absolute atomic E-state index is 9.44. The molecule has 2 N–H and O–H groups in total. The summed E-state index contributed by atoms with van der Waals surface area (Å²) in [5, 5.41) is 13.2. The average molecular weight is 240 g/mol. The van der Waals surface area contributed by atoms with Gasteiger partial charge < -0.3 is 10.4 Å². The molecule has 2 heterocycles. The molecule has 0 aliphatic carbocycles. The van der Waals surface area contributed by atoms with Crippen molar-refractivity contribution in [3.8, 4) is 0 Å². The minimum atomic E-state index is 0.0576. The van der Waals surface area contributed by atoms with E-state index in [1.54, 1.807) is 0 Å². The van der Waals surface area contributed by atoms with Crippen molar-refractivity contribution >= 4 is 0 Å². The van der Waals surface area contributed by atoms with Gasteiger partial charge in [0, 0.05) is 37.2 Å². The predicted octanol–water partition coefficient (Wildman–Crippen LogP) is 1.61. The number of piperidine rings is 1. The zero-order valence-corrected chi connectivity index (χ0v) is 11.4. The van der Waals surface area contributed by atoms with E-state index in [4.69, 9.17) is 0 Å². The molecule has 0 aromatic heterocycles. The summed E-state index contributed by atoms with van der Waals surface area (Å²) in [5.41, 5.74) is 0.0576. The topological polar surface area (TPSA) is 35.5 Å². The zero-order valence-electron chi connectivity index (χ0n) is 11.4. The number of nitrogens with one attached hydrogen (secondary N) is 1. The third-order valence-corrected chi connectivity index (χ3v) is 4.88. The first-order valence-electron chi connectivity index (χ1n) is 7.27. The van der Waals surface area contributed by atoms with Crippen molar-refractivity contribution in [1.29, 1.82) is 0 Å². The average Bonchev–Trinajstić information content (AvgIpc) is 2.79.